The normalized spacial score (nSPS) is 10.5. The first kappa shape index (κ1) is 23.3. The van der Waals surface area contributed by atoms with E-state index in [1.54, 1.807) is 25.1 Å². The molecule has 166 valence electrons. The summed E-state index contributed by atoms with van der Waals surface area (Å²) in [6.07, 6.45) is 0. The van der Waals surface area contributed by atoms with Gasteiger partial charge in [-0.3, -0.25) is 20.4 Å². The largest absolute Gasteiger partial charge is 0.452 e. The molecule has 0 fully saturated rings. The fraction of sp³-hybridized carbons (Fsp3) is 0.182. The standard InChI is InChI=1S/C22H20Cl2N4O4/c1-13-7-9-15(10-8-13)11-28-20(24)19(14(2)27-28)22(31)32-12-18(29)25-26-21(30)16-5-3-4-6-17(16)23/h3-10H,11-12H2,1-2H3,(H,25,29)(H,26,30). The molecule has 0 aliphatic rings. The van der Waals surface area contributed by atoms with Crippen LogP contribution in [0.2, 0.25) is 10.2 Å². The number of aromatic nitrogens is 2. The lowest BCUT2D eigenvalue weighted by Crippen LogP contribution is -2.43. The fourth-order valence-electron chi connectivity index (χ4n) is 2.83. The van der Waals surface area contributed by atoms with Crippen molar-refractivity contribution in [2.45, 2.75) is 20.4 Å². The Labute approximate surface area is 194 Å². The molecule has 0 aliphatic heterocycles. The Kier molecular flexibility index (Phi) is 7.50. The number of ether oxygens (including phenoxy) is 1. The molecule has 3 aromatic rings. The third-order valence-corrected chi connectivity index (χ3v) is 5.20. The molecule has 3 rings (SSSR count). The van der Waals surface area contributed by atoms with E-state index >= 15 is 0 Å². The first-order valence-corrected chi connectivity index (χ1v) is 10.3. The van der Waals surface area contributed by atoms with E-state index in [0.29, 0.717) is 12.2 Å². The number of hydrazine groups is 1. The Balaban J connectivity index is 1.56. The number of hydrogen-bond acceptors (Lipinski definition) is 5. The zero-order valence-corrected chi connectivity index (χ0v) is 18.8. The van der Waals surface area contributed by atoms with Crippen molar-refractivity contribution in [3.05, 3.63) is 86.7 Å². The van der Waals surface area contributed by atoms with Crippen LogP contribution in [-0.4, -0.2) is 34.2 Å². The number of aryl methyl sites for hydroxylation is 2. The van der Waals surface area contributed by atoms with E-state index in [4.69, 9.17) is 27.9 Å². The van der Waals surface area contributed by atoms with E-state index in [1.165, 1.54) is 10.7 Å². The zero-order valence-electron chi connectivity index (χ0n) is 17.3. The highest BCUT2D eigenvalue weighted by molar-refractivity contribution is 6.34. The van der Waals surface area contributed by atoms with Crippen molar-refractivity contribution < 1.29 is 19.1 Å². The highest BCUT2D eigenvalue weighted by atomic mass is 35.5. The van der Waals surface area contributed by atoms with Gasteiger partial charge in [-0.25, -0.2) is 9.48 Å². The maximum atomic E-state index is 12.5. The molecule has 1 aromatic heterocycles. The molecule has 2 N–H and O–H groups in total. The van der Waals surface area contributed by atoms with Gasteiger partial charge in [0.2, 0.25) is 0 Å². The Hall–Kier alpha value is -3.36. The van der Waals surface area contributed by atoms with Gasteiger partial charge >= 0.3 is 5.97 Å². The molecule has 0 saturated carbocycles. The Morgan fingerprint density at radius 1 is 1.00 bits per heavy atom. The van der Waals surface area contributed by atoms with Crippen molar-refractivity contribution >= 4 is 41.0 Å². The number of nitrogens with zero attached hydrogens (tertiary/aromatic N) is 2. The summed E-state index contributed by atoms with van der Waals surface area (Å²) in [7, 11) is 0. The van der Waals surface area contributed by atoms with Gasteiger partial charge in [-0.2, -0.15) is 5.10 Å². The van der Waals surface area contributed by atoms with Crippen molar-refractivity contribution in [1.29, 1.82) is 0 Å². The topological polar surface area (TPSA) is 102 Å². The van der Waals surface area contributed by atoms with E-state index < -0.39 is 24.4 Å². The van der Waals surface area contributed by atoms with Crippen LogP contribution in [0.3, 0.4) is 0 Å². The molecule has 0 saturated heterocycles. The smallest absolute Gasteiger partial charge is 0.343 e. The molecular formula is C22H20Cl2N4O4. The summed E-state index contributed by atoms with van der Waals surface area (Å²) in [6.45, 7) is 3.36. The molecule has 8 nitrogen and oxygen atoms in total. The van der Waals surface area contributed by atoms with Gasteiger partial charge in [0, 0.05) is 0 Å². The van der Waals surface area contributed by atoms with Gasteiger partial charge in [0.1, 0.15) is 10.7 Å². The molecule has 0 atom stereocenters. The summed E-state index contributed by atoms with van der Waals surface area (Å²) in [5.74, 6) is -2.14. The van der Waals surface area contributed by atoms with Gasteiger partial charge in [0.15, 0.2) is 6.61 Å². The van der Waals surface area contributed by atoms with Gasteiger partial charge in [-0.1, -0.05) is 65.2 Å². The van der Waals surface area contributed by atoms with Crippen molar-refractivity contribution in [2.75, 3.05) is 6.61 Å². The second kappa shape index (κ2) is 10.3. The predicted molar refractivity (Wildman–Crippen MR) is 120 cm³/mol. The van der Waals surface area contributed by atoms with Crippen LogP contribution in [0.25, 0.3) is 0 Å². The predicted octanol–water partition coefficient (Wildman–Crippen LogP) is 3.47. The van der Waals surface area contributed by atoms with Crippen molar-refractivity contribution in [3.8, 4) is 0 Å². The van der Waals surface area contributed by atoms with Crippen molar-refractivity contribution in [1.82, 2.24) is 20.6 Å². The number of hydrogen-bond donors (Lipinski definition) is 2. The number of amides is 2. The quantitative estimate of drug-likeness (QED) is 0.420. The van der Waals surface area contributed by atoms with Gasteiger partial charge in [0.05, 0.1) is 22.8 Å². The minimum Gasteiger partial charge on any atom is -0.452 e. The Morgan fingerprint density at radius 2 is 1.69 bits per heavy atom. The lowest BCUT2D eigenvalue weighted by atomic mass is 10.1. The summed E-state index contributed by atoms with van der Waals surface area (Å²) in [5, 5.41) is 4.64. The van der Waals surface area contributed by atoms with Crippen LogP contribution < -0.4 is 10.9 Å². The monoisotopic (exact) mass is 474 g/mol. The maximum Gasteiger partial charge on any atom is 0.343 e. The molecule has 32 heavy (non-hydrogen) atoms. The van der Waals surface area contributed by atoms with Crippen LogP contribution in [-0.2, 0) is 16.1 Å². The minimum atomic E-state index is -0.796. The second-order valence-electron chi connectivity index (χ2n) is 6.95. The summed E-state index contributed by atoms with van der Waals surface area (Å²) >= 11 is 12.3. The van der Waals surface area contributed by atoms with E-state index in [1.807, 2.05) is 31.2 Å². The van der Waals surface area contributed by atoms with Crippen molar-refractivity contribution in [2.24, 2.45) is 0 Å². The number of carbonyl (C=O) groups is 3. The number of nitrogens with one attached hydrogen (secondary N) is 2. The molecule has 10 heteroatoms. The van der Waals surface area contributed by atoms with Crippen LogP contribution >= 0.6 is 23.2 Å². The van der Waals surface area contributed by atoms with E-state index in [9.17, 15) is 14.4 Å². The van der Waals surface area contributed by atoms with Gasteiger partial charge < -0.3 is 4.74 Å². The molecule has 2 aromatic carbocycles. The van der Waals surface area contributed by atoms with Crippen LogP contribution in [0, 0.1) is 13.8 Å². The first-order chi connectivity index (χ1) is 15.3. The lowest BCUT2D eigenvalue weighted by Gasteiger charge is -2.09. The maximum absolute atomic E-state index is 12.5. The van der Waals surface area contributed by atoms with Gasteiger partial charge in [-0.15, -0.1) is 0 Å². The second-order valence-corrected chi connectivity index (χ2v) is 7.72. The highest BCUT2D eigenvalue weighted by Crippen LogP contribution is 2.22. The highest BCUT2D eigenvalue weighted by Gasteiger charge is 2.22. The van der Waals surface area contributed by atoms with Gasteiger partial charge in [-0.05, 0) is 31.5 Å². The summed E-state index contributed by atoms with van der Waals surface area (Å²) in [5.41, 5.74) is 7.10. The molecule has 0 bridgehead atoms. The lowest BCUT2D eigenvalue weighted by molar-refractivity contribution is -0.125. The van der Waals surface area contributed by atoms with Crippen LogP contribution in [0.15, 0.2) is 48.5 Å². The van der Waals surface area contributed by atoms with E-state index in [2.05, 4.69) is 16.0 Å². The number of carbonyl (C=O) groups excluding carboxylic acids is 3. The van der Waals surface area contributed by atoms with Gasteiger partial charge in [0.25, 0.3) is 11.8 Å². The number of rotatable bonds is 6. The summed E-state index contributed by atoms with van der Waals surface area (Å²) in [6, 6.07) is 14.2. The molecule has 0 aliphatic carbocycles. The summed E-state index contributed by atoms with van der Waals surface area (Å²) < 4.78 is 6.51. The summed E-state index contributed by atoms with van der Waals surface area (Å²) in [4.78, 5) is 36.5. The SMILES string of the molecule is Cc1ccc(Cn2nc(C)c(C(=O)OCC(=O)NNC(=O)c3ccccc3Cl)c2Cl)cc1. The zero-order chi connectivity index (χ0) is 23.3. The molecule has 0 radical (unpaired) electrons. The Bertz CT molecular complexity index is 1160. The van der Waals surface area contributed by atoms with Crippen molar-refractivity contribution in [3.63, 3.8) is 0 Å². The fourth-order valence-corrected chi connectivity index (χ4v) is 3.37. The van der Waals surface area contributed by atoms with E-state index in [-0.39, 0.29) is 21.3 Å². The first-order valence-electron chi connectivity index (χ1n) is 9.55. The molecule has 0 unspecified atom stereocenters. The average Bonchev–Trinajstić information content (AvgIpc) is 3.05. The average molecular weight is 475 g/mol. The third-order valence-electron chi connectivity index (χ3n) is 4.49. The molecular weight excluding hydrogens is 455 g/mol. The number of esters is 1. The molecule has 1 heterocycles. The minimum absolute atomic E-state index is 0.0756. The van der Waals surface area contributed by atoms with Crippen LogP contribution in [0.5, 0.6) is 0 Å². The molecule has 0 spiro atoms. The number of benzene rings is 2. The van der Waals surface area contributed by atoms with E-state index in [0.717, 1.165) is 11.1 Å². The third kappa shape index (κ3) is 5.66. The molecule has 2 amide bonds. The van der Waals surface area contributed by atoms with Crippen LogP contribution in [0.4, 0.5) is 0 Å². The number of halogens is 2. The Morgan fingerprint density at radius 3 is 2.38 bits per heavy atom. The van der Waals surface area contributed by atoms with Crippen LogP contribution in [0.1, 0.15) is 37.5 Å².